The van der Waals surface area contributed by atoms with Gasteiger partial charge in [0.1, 0.15) is 0 Å². The minimum Gasteiger partial charge on any atom is -0.450 e. The number of carbonyl (C=O) groups excluding carboxylic acids is 1. The third kappa shape index (κ3) is 1.53. The van der Waals surface area contributed by atoms with Gasteiger partial charge in [-0.05, 0) is 29.7 Å². The fourth-order valence-corrected chi connectivity index (χ4v) is 2.81. The normalized spacial score (nSPS) is 16.8. The lowest BCUT2D eigenvalue weighted by Crippen LogP contribution is -2.24. The third-order valence-corrected chi connectivity index (χ3v) is 3.91. The Morgan fingerprint density at radius 3 is 2.80 bits per heavy atom. The van der Waals surface area contributed by atoms with Crippen molar-refractivity contribution in [1.29, 1.82) is 0 Å². The third-order valence-electron chi connectivity index (χ3n) is 3.91. The second-order valence-corrected chi connectivity index (χ2v) is 5.09. The average Bonchev–Trinajstić information content (AvgIpc) is 2.85. The average molecular weight is 266 g/mol. The number of hydrogen-bond acceptors (Lipinski definition) is 2. The van der Waals surface area contributed by atoms with E-state index < -0.39 is 5.82 Å². The number of ketones is 1. The van der Waals surface area contributed by atoms with E-state index in [-0.39, 0.29) is 23.0 Å². The minimum absolute atomic E-state index is 0.0701. The fourth-order valence-electron chi connectivity index (χ4n) is 2.81. The van der Waals surface area contributed by atoms with Gasteiger partial charge in [0.25, 0.3) is 0 Å². The Kier molecular flexibility index (Phi) is 2.30. The number of fused-ring (bicyclic) bond motifs is 2. The molecule has 0 saturated heterocycles. The number of benzene rings is 2. The number of Topliss-reactive ketones (excluding diaryl/α,β-unsaturated/α-hetero) is 1. The Bertz CT molecular complexity index is 832. The van der Waals surface area contributed by atoms with Crippen molar-refractivity contribution in [1.82, 2.24) is 0 Å². The molecule has 0 saturated carbocycles. The Labute approximate surface area is 114 Å². The molecule has 0 radical (unpaired) electrons. The molecule has 1 aliphatic rings. The number of furan rings is 1. The first kappa shape index (κ1) is 11.4. The van der Waals surface area contributed by atoms with E-state index in [2.05, 4.69) is 0 Å². The summed E-state index contributed by atoms with van der Waals surface area (Å²) in [7, 11) is 0. The number of rotatable bonds is 2. The van der Waals surface area contributed by atoms with Crippen molar-refractivity contribution >= 4 is 16.8 Å². The molecule has 2 aromatic carbocycles. The molecular weight excluding hydrogens is 255 g/mol. The zero-order valence-electron chi connectivity index (χ0n) is 10.6. The first-order chi connectivity index (χ1) is 9.74. The van der Waals surface area contributed by atoms with Crippen molar-refractivity contribution in [2.45, 2.75) is 12.3 Å². The summed E-state index contributed by atoms with van der Waals surface area (Å²) < 4.78 is 19.0. The summed E-state index contributed by atoms with van der Waals surface area (Å²) in [6.07, 6.45) is 0.731. The molecule has 2 nitrogen and oxygen atoms in total. The molecule has 0 amide bonds. The van der Waals surface area contributed by atoms with Crippen LogP contribution in [0.4, 0.5) is 4.39 Å². The molecule has 0 bridgehead atoms. The van der Waals surface area contributed by atoms with E-state index >= 15 is 0 Å². The quantitative estimate of drug-likeness (QED) is 0.654. The summed E-state index contributed by atoms with van der Waals surface area (Å²) in [5.74, 6) is -0.422. The molecule has 1 aromatic heterocycles. The van der Waals surface area contributed by atoms with Crippen LogP contribution in [-0.4, -0.2) is 5.78 Å². The van der Waals surface area contributed by atoms with Crippen LogP contribution in [0.5, 0.6) is 0 Å². The maximum absolute atomic E-state index is 13.6. The molecule has 1 atom stereocenters. The first-order valence-electron chi connectivity index (χ1n) is 6.54. The number of hydrogen-bond donors (Lipinski definition) is 0. The molecule has 1 aliphatic carbocycles. The highest BCUT2D eigenvalue weighted by molar-refractivity contribution is 6.03. The topological polar surface area (TPSA) is 30.2 Å². The van der Waals surface area contributed by atoms with Crippen LogP contribution in [0.3, 0.4) is 0 Å². The van der Waals surface area contributed by atoms with Crippen LogP contribution in [0.25, 0.3) is 11.0 Å². The molecular formula is C17H11FO2. The van der Waals surface area contributed by atoms with Crippen LogP contribution in [0.2, 0.25) is 0 Å². The van der Waals surface area contributed by atoms with Gasteiger partial charge in [0.05, 0.1) is 5.92 Å². The SMILES string of the molecule is O=C(c1cc2cccc(F)c2o1)C1Cc2ccccc21. The molecule has 0 N–H and O–H groups in total. The summed E-state index contributed by atoms with van der Waals surface area (Å²) in [6.45, 7) is 0. The second-order valence-electron chi connectivity index (χ2n) is 5.09. The lowest BCUT2D eigenvalue weighted by molar-refractivity contribution is 0.0923. The van der Waals surface area contributed by atoms with E-state index in [9.17, 15) is 9.18 Å². The van der Waals surface area contributed by atoms with Crippen LogP contribution >= 0.6 is 0 Å². The van der Waals surface area contributed by atoms with Gasteiger partial charge in [0, 0.05) is 5.39 Å². The van der Waals surface area contributed by atoms with Gasteiger partial charge in [-0.3, -0.25) is 4.79 Å². The lowest BCUT2D eigenvalue weighted by Gasteiger charge is -2.27. The predicted molar refractivity (Wildman–Crippen MR) is 73.4 cm³/mol. The van der Waals surface area contributed by atoms with E-state index in [1.807, 2.05) is 24.3 Å². The van der Waals surface area contributed by atoms with Gasteiger partial charge in [0.15, 0.2) is 17.2 Å². The molecule has 1 heterocycles. The van der Waals surface area contributed by atoms with E-state index in [1.165, 1.54) is 11.6 Å². The largest absolute Gasteiger partial charge is 0.450 e. The Morgan fingerprint density at radius 1 is 1.15 bits per heavy atom. The Hall–Kier alpha value is -2.42. The van der Waals surface area contributed by atoms with Crippen LogP contribution in [0.1, 0.15) is 27.6 Å². The zero-order chi connectivity index (χ0) is 13.7. The summed E-state index contributed by atoms with van der Waals surface area (Å²) in [4.78, 5) is 12.5. The van der Waals surface area contributed by atoms with Crippen molar-refractivity contribution in [3.63, 3.8) is 0 Å². The molecule has 0 fully saturated rings. The monoisotopic (exact) mass is 266 g/mol. The smallest absolute Gasteiger partial charge is 0.205 e. The summed E-state index contributed by atoms with van der Waals surface area (Å²) in [5, 5.41) is 0.626. The fraction of sp³-hybridized carbons (Fsp3) is 0.118. The van der Waals surface area contributed by atoms with Gasteiger partial charge in [-0.2, -0.15) is 0 Å². The van der Waals surface area contributed by atoms with Crippen molar-refractivity contribution in [2.24, 2.45) is 0 Å². The van der Waals surface area contributed by atoms with Gasteiger partial charge in [0.2, 0.25) is 5.78 Å². The van der Waals surface area contributed by atoms with E-state index in [0.29, 0.717) is 5.39 Å². The molecule has 0 aliphatic heterocycles. The van der Waals surface area contributed by atoms with Gasteiger partial charge in [-0.15, -0.1) is 0 Å². The first-order valence-corrected chi connectivity index (χ1v) is 6.54. The molecule has 4 rings (SSSR count). The van der Waals surface area contributed by atoms with Crippen LogP contribution in [0, 0.1) is 5.82 Å². The zero-order valence-corrected chi connectivity index (χ0v) is 10.6. The van der Waals surface area contributed by atoms with Crippen molar-refractivity contribution in [3.05, 3.63) is 71.2 Å². The van der Waals surface area contributed by atoms with Crippen molar-refractivity contribution in [2.75, 3.05) is 0 Å². The van der Waals surface area contributed by atoms with Gasteiger partial charge < -0.3 is 4.42 Å². The van der Waals surface area contributed by atoms with Crippen molar-refractivity contribution < 1.29 is 13.6 Å². The summed E-state index contributed by atoms with van der Waals surface area (Å²) >= 11 is 0. The van der Waals surface area contributed by atoms with E-state index in [4.69, 9.17) is 4.42 Å². The van der Waals surface area contributed by atoms with E-state index in [1.54, 1.807) is 18.2 Å². The maximum atomic E-state index is 13.6. The number of para-hydroxylation sites is 1. The lowest BCUT2D eigenvalue weighted by atomic mass is 9.75. The number of carbonyl (C=O) groups is 1. The highest BCUT2D eigenvalue weighted by Gasteiger charge is 2.34. The molecule has 3 heteroatoms. The van der Waals surface area contributed by atoms with Crippen LogP contribution in [-0.2, 0) is 6.42 Å². The summed E-state index contributed by atoms with van der Waals surface area (Å²) in [6, 6.07) is 14.2. The number of halogens is 1. The maximum Gasteiger partial charge on any atom is 0.205 e. The highest BCUT2D eigenvalue weighted by Crippen LogP contribution is 2.38. The van der Waals surface area contributed by atoms with Crippen molar-refractivity contribution in [3.8, 4) is 0 Å². The standard InChI is InChI=1S/C17H11FO2/c18-14-7-3-5-11-9-15(20-17(11)14)16(19)13-8-10-4-1-2-6-12(10)13/h1-7,9,13H,8H2. The van der Waals surface area contributed by atoms with Crippen LogP contribution in [0.15, 0.2) is 52.9 Å². The van der Waals surface area contributed by atoms with Gasteiger partial charge in [-0.1, -0.05) is 36.4 Å². The van der Waals surface area contributed by atoms with Crippen LogP contribution < -0.4 is 0 Å². The highest BCUT2D eigenvalue weighted by atomic mass is 19.1. The molecule has 0 spiro atoms. The molecule has 20 heavy (non-hydrogen) atoms. The minimum atomic E-state index is -0.435. The van der Waals surface area contributed by atoms with Gasteiger partial charge in [-0.25, -0.2) is 4.39 Å². The Morgan fingerprint density at radius 2 is 2.00 bits per heavy atom. The predicted octanol–water partition coefficient (Wildman–Crippen LogP) is 4.09. The molecule has 1 unspecified atom stereocenters. The summed E-state index contributed by atoms with van der Waals surface area (Å²) in [5.41, 5.74) is 2.41. The molecule has 98 valence electrons. The Balaban J connectivity index is 1.74. The van der Waals surface area contributed by atoms with E-state index in [0.717, 1.165) is 12.0 Å². The second kappa shape index (κ2) is 4.04. The van der Waals surface area contributed by atoms with Gasteiger partial charge >= 0.3 is 0 Å². The molecule has 3 aromatic rings.